The molecule has 3 N–H and O–H groups in total. The third-order valence-electron chi connectivity index (χ3n) is 1.96. The molecule has 0 radical (unpaired) electrons. The largest absolute Gasteiger partial charge is 0.327 e. The minimum absolute atomic E-state index is 0.253. The highest BCUT2D eigenvalue weighted by molar-refractivity contribution is 5.02. The Bertz CT molecular complexity index is 223. The van der Waals surface area contributed by atoms with Gasteiger partial charge in [0.25, 0.3) is 0 Å². The van der Waals surface area contributed by atoms with E-state index in [4.69, 9.17) is 5.73 Å². The summed E-state index contributed by atoms with van der Waals surface area (Å²) in [4.78, 5) is 4.20. The Balaban J connectivity index is 2.20. The number of nitrogens with two attached hydrogens (primary N) is 1. The van der Waals surface area contributed by atoms with Gasteiger partial charge in [0.05, 0.1) is 5.69 Å². The van der Waals surface area contributed by atoms with E-state index in [2.05, 4.69) is 17.2 Å². The third kappa shape index (κ3) is 4.01. The second kappa shape index (κ2) is 5.67. The molecule has 1 aromatic heterocycles. The van der Waals surface area contributed by atoms with E-state index in [-0.39, 0.29) is 6.04 Å². The first-order valence-corrected chi connectivity index (χ1v) is 4.69. The molecular weight excluding hydrogens is 162 g/mol. The molecule has 0 aromatic carbocycles. The molecule has 13 heavy (non-hydrogen) atoms. The van der Waals surface area contributed by atoms with Crippen molar-refractivity contribution in [2.45, 2.75) is 25.9 Å². The SMILES string of the molecule is CCC(N)CNCc1ccccn1. The van der Waals surface area contributed by atoms with Crippen LogP contribution < -0.4 is 11.1 Å². The van der Waals surface area contributed by atoms with Crippen LogP contribution in [0.15, 0.2) is 24.4 Å². The zero-order chi connectivity index (χ0) is 9.52. The molecule has 1 unspecified atom stereocenters. The van der Waals surface area contributed by atoms with Gasteiger partial charge in [0, 0.05) is 25.3 Å². The molecule has 0 aliphatic rings. The van der Waals surface area contributed by atoms with Crippen LogP contribution in [-0.4, -0.2) is 17.6 Å². The Kier molecular flexibility index (Phi) is 4.43. The minimum atomic E-state index is 0.253. The molecule has 0 aliphatic carbocycles. The fourth-order valence-corrected chi connectivity index (χ4v) is 1.03. The second-order valence-corrected chi connectivity index (χ2v) is 3.12. The summed E-state index contributed by atoms with van der Waals surface area (Å²) < 4.78 is 0. The van der Waals surface area contributed by atoms with Crippen LogP contribution in [0.4, 0.5) is 0 Å². The predicted octanol–water partition coefficient (Wildman–Crippen LogP) is 0.908. The summed E-state index contributed by atoms with van der Waals surface area (Å²) in [6.45, 7) is 3.74. The number of rotatable bonds is 5. The van der Waals surface area contributed by atoms with Crippen molar-refractivity contribution in [3.05, 3.63) is 30.1 Å². The van der Waals surface area contributed by atoms with E-state index in [1.165, 1.54) is 0 Å². The normalized spacial score (nSPS) is 12.8. The molecule has 0 bridgehead atoms. The topological polar surface area (TPSA) is 50.9 Å². The van der Waals surface area contributed by atoms with Gasteiger partial charge in [0.1, 0.15) is 0 Å². The summed E-state index contributed by atoms with van der Waals surface area (Å²) in [6, 6.07) is 6.17. The average Bonchev–Trinajstić information content (AvgIpc) is 2.19. The lowest BCUT2D eigenvalue weighted by molar-refractivity contribution is 0.559. The fraction of sp³-hybridized carbons (Fsp3) is 0.500. The number of nitrogens with zero attached hydrogens (tertiary/aromatic N) is 1. The molecule has 0 saturated heterocycles. The van der Waals surface area contributed by atoms with Gasteiger partial charge in [-0.2, -0.15) is 0 Å². The summed E-state index contributed by atoms with van der Waals surface area (Å²) in [6.07, 6.45) is 2.81. The quantitative estimate of drug-likeness (QED) is 0.706. The lowest BCUT2D eigenvalue weighted by Crippen LogP contribution is -2.32. The number of pyridine rings is 1. The Hall–Kier alpha value is -0.930. The van der Waals surface area contributed by atoms with Crippen molar-refractivity contribution in [3.63, 3.8) is 0 Å². The van der Waals surface area contributed by atoms with Crippen LogP contribution in [0.5, 0.6) is 0 Å². The van der Waals surface area contributed by atoms with E-state index in [0.717, 1.165) is 25.2 Å². The number of hydrogen-bond donors (Lipinski definition) is 2. The molecule has 3 heteroatoms. The predicted molar refractivity (Wildman–Crippen MR) is 54.2 cm³/mol. The highest BCUT2D eigenvalue weighted by Gasteiger charge is 1.97. The molecule has 0 fully saturated rings. The summed E-state index contributed by atoms with van der Waals surface area (Å²) >= 11 is 0. The van der Waals surface area contributed by atoms with Crippen LogP contribution in [0.2, 0.25) is 0 Å². The lowest BCUT2D eigenvalue weighted by Gasteiger charge is -2.09. The van der Waals surface area contributed by atoms with Crippen molar-refractivity contribution in [1.82, 2.24) is 10.3 Å². The van der Waals surface area contributed by atoms with Crippen molar-refractivity contribution >= 4 is 0 Å². The first kappa shape index (κ1) is 10.2. The highest BCUT2D eigenvalue weighted by atomic mass is 14.9. The maximum Gasteiger partial charge on any atom is 0.0541 e. The van der Waals surface area contributed by atoms with E-state index in [9.17, 15) is 0 Å². The fourth-order valence-electron chi connectivity index (χ4n) is 1.03. The summed E-state index contributed by atoms with van der Waals surface area (Å²) in [5.41, 5.74) is 6.82. The van der Waals surface area contributed by atoms with Crippen LogP contribution in [0.25, 0.3) is 0 Å². The summed E-state index contributed by atoms with van der Waals surface area (Å²) in [7, 11) is 0. The van der Waals surface area contributed by atoms with E-state index >= 15 is 0 Å². The molecule has 3 nitrogen and oxygen atoms in total. The third-order valence-corrected chi connectivity index (χ3v) is 1.96. The van der Waals surface area contributed by atoms with Gasteiger partial charge in [0.15, 0.2) is 0 Å². The minimum Gasteiger partial charge on any atom is -0.327 e. The van der Waals surface area contributed by atoms with Gasteiger partial charge in [-0.1, -0.05) is 13.0 Å². The molecule has 0 amide bonds. The number of aromatic nitrogens is 1. The van der Waals surface area contributed by atoms with E-state index in [1.807, 2.05) is 18.2 Å². The Morgan fingerprint density at radius 1 is 1.54 bits per heavy atom. The van der Waals surface area contributed by atoms with Crippen molar-refractivity contribution in [2.24, 2.45) is 5.73 Å². The standard InChI is InChI=1S/C10H17N3/c1-2-9(11)7-12-8-10-5-3-4-6-13-10/h3-6,9,12H,2,7-8,11H2,1H3. The number of hydrogen-bond acceptors (Lipinski definition) is 3. The molecule has 1 aromatic rings. The smallest absolute Gasteiger partial charge is 0.0541 e. The van der Waals surface area contributed by atoms with Gasteiger partial charge >= 0.3 is 0 Å². The van der Waals surface area contributed by atoms with Gasteiger partial charge < -0.3 is 11.1 Å². The molecule has 1 atom stereocenters. The first-order valence-electron chi connectivity index (χ1n) is 4.69. The Morgan fingerprint density at radius 2 is 2.38 bits per heavy atom. The lowest BCUT2D eigenvalue weighted by atomic mass is 10.2. The monoisotopic (exact) mass is 179 g/mol. The van der Waals surface area contributed by atoms with Gasteiger partial charge in [-0.3, -0.25) is 4.98 Å². The Labute approximate surface area is 79.4 Å². The van der Waals surface area contributed by atoms with Crippen molar-refractivity contribution in [2.75, 3.05) is 6.54 Å². The molecular formula is C10H17N3. The maximum absolute atomic E-state index is 5.75. The zero-order valence-corrected chi connectivity index (χ0v) is 8.03. The van der Waals surface area contributed by atoms with Crippen molar-refractivity contribution < 1.29 is 0 Å². The molecule has 72 valence electrons. The van der Waals surface area contributed by atoms with Crippen LogP contribution in [0, 0.1) is 0 Å². The van der Waals surface area contributed by atoms with Crippen LogP contribution >= 0.6 is 0 Å². The van der Waals surface area contributed by atoms with E-state index in [1.54, 1.807) is 6.20 Å². The molecule has 1 rings (SSSR count). The molecule has 0 spiro atoms. The molecule has 0 saturated carbocycles. The Morgan fingerprint density at radius 3 is 3.00 bits per heavy atom. The highest BCUT2D eigenvalue weighted by Crippen LogP contribution is 1.92. The van der Waals surface area contributed by atoms with Crippen molar-refractivity contribution in [3.8, 4) is 0 Å². The van der Waals surface area contributed by atoms with E-state index in [0.29, 0.717) is 0 Å². The second-order valence-electron chi connectivity index (χ2n) is 3.12. The van der Waals surface area contributed by atoms with Gasteiger partial charge in [-0.15, -0.1) is 0 Å². The van der Waals surface area contributed by atoms with Gasteiger partial charge in [-0.05, 0) is 18.6 Å². The van der Waals surface area contributed by atoms with Crippen molar-refractivity contribution in [1.29, 1.82) is 0 Å². The molecule has 0 aliphatic heterocycles. The van der Waals surface area contributed by atoms with Crippen LogP contribution in [0.1, 0.15) is 19.0 Å². The maximum atomic E-state index is 5.75. The average molecular weight is 179 g/mol. The first-order chi connectivity index (χ1) is 6.33. The van der Waals surface area contributed by atoms with Crippen LogP contribution in [0.3, 0.4) is 0 Å². The van der Waals surface area contributed by atoms with E-state index < -0.39 is 0 Å². The molecule has 1 heterocycles. The van der Waals surface area contributed by atoms with Gasteiger partial charge in [-0.25, -0.2) is 0 Å². The summed E-state index contributed by atoms with van der Waals surface area (Å²) in [5.74, 6) is 0. The summed E-state index contributed by atoms with van der Waals surface area (Å²) in [5, 5.41) is 3.26. The van der Waals surface area contributed by atoms with Crippen LogP contribution in [-0.2, 0) is 6.54 Å². The zero-order valence-electron chi connectivity index (χ0n) is 8.03. The van der Waals surface area contributed by atoms with Gasteiger partial charge in [0.2, 0.25) is 0 Å². The number of nitrogens with one attached hydrogen (secondary N) is 1.